The molecule has 0 aliphatic heterocycles. The second-order valence-electron chi connectivity index (χ2n) is 2.10. The topological polar surface area (TPSA) is 39.7 Å². The first-order valence-electron chi connectivity index (χ1n) is 3.65. The summed E-state index contributed by atoms with van der Waals surface area (Å²) in [7, 11) is 2.27. The van der Waals surface area contributed by atoms with Crippen LogP contribution < -0.4 is 4.98 Å². The maximum absolute atomic E-state index is 5.12. The Morgan fingerprint density at radius 1 is 1.08 bits per heavy atom. The molecule has 0 spiro atoms. The van der Waals surface area contributed by atoms with Crippen LogP contribution in [0.15, 0.2) is 0 Å². The Morgan fingerprint density at radius 2 is 1.50 bits per heavy atom. The molecule has 1 N–H and O–H groups in total. The molecule has 4 nitrogen and oxygen atoms in total. The fourth-order valence-corrected chi connectivity index (χ4v) is 2.23. The van der Waals surface area contributed by atoms with Crippen molar-refractivity contribution in [3.63, 3.8) is 0 Å². The third-order valence-corrected chi connectivity index (χ3v) is 3.69. The first kappa shape index (κ1) is 14.8. The van der Waals surface area contributed by atoms with Crippen LogP contribution in [0.3, 0.4) is 0 Å². The van der Waals surface area contributed by atoms with Crippen molar-refractivity contribution in [2.24, 2.45) is 0 Å². The lowest BCUT2D eigenvalue weighted by Crippen LogP contribution is -2.57. The highest BCUT2D eigenvalue weighted by Gasteiger charge is 2.37. The van der Waals surface area contributed by atoms with Crippen molar-refractivity contribution in [3.8, 4) is 0 Å². The van der Waals surface area contributed by atoms with Gasteiger partial charge in [-0.1, -0.05) is 6.92 Å². The van der Waals surface area contributed by atoms with Crippen LogP contribution in [0.5, 0.6) is 0 Å². The molecular formula is C6H21NO3Si2. The maximum atomic E-state index is 5.12. The van der Waals surface area contributed by atoms with E-state index in [9.17, 15) is 0 Å². The van der Waals surface area contributed by atoms with Gasteiger partial charge in [0.15, 0.2) is 0 Å². The zero-order chi connectivity index (χ0) is 8.74. The SMILES string of the molecule is CCCN[Si](OC)(OC)OC.[SiH4]. The van der Waals surface area contributed by atoms with Crippen molar-refractivity contribution in [1.82, 2.24) is 4.98 Å². The minimum absolute atomic E-state index is 0. The molecule has 6 heteroatoms. The highest BCUT2D eigenvalue weighted by molar-refractivity contribution is 6.57. The standard InChI is InChI=1S/C6H17NO3Si.H4Si/c1-5-6-7-11(8-2,9-3)10-4;/h7H,5-6H2,1-4H3;1H4. The van der Waals surface area contributed by atoms with Crippen LogP contribution in [0, 0.1) is 0 Å². The minimum atomic E-state index is -2.49. The molecule has 0 heterocycles. The maximum Gasteiger partial charge on any atom is 0.595 e. The lowest BCUT2D eigenvalue weighted by atomic mass is 10.5. The van der Waals surface area contributed by atoms with E-state index >= 15 is 0 Å². The molecule has 0 unspecified atom stereocenters. The van der Waals surface area contributed by atoms with E-state index in [1.807, 2.05) is 0 Å². The Bertz CT molecular complexity index is 92.5. The van der Waals surface area contributed by atoms with Crippen LogP contribution >= 0.6 is 0 Å². The Kier molecular flexibility index (Phi) is 9.73. The average molecular weight is 211 g/mol. The smallest absolute Gasteiger partial charge is 0.364 e. The molecule has 0 aromatic carbocycles. The molecule has 0 radical (unpaired) electrons. The summed E-state index contributed by atoms with van der Waals surface area (Å²) in [5, 5.41) is 0. The van der Waals surface area contributed by atoms with Crippen LogP contribution in [0.2, 0.25) is 0 Å². The lowest BCUT2D eigenvalue weighted by molar-refractivity contribution is 0.110. The normalized spacial score (nSPS) is 11.0. The van der Waals surface area contributed by atoms with E-state index < -0.39 is 8.97 Å². The Balaban J connectivity index is 0. The van der Waals surface area contributed by atoms with Crippen molar-refractivity contribution in [2.45, 2.75) is 13.3 Å². The summed E-state index contributed by atoms with van der Waals surface area (Å²) >= 11 is 0. The van der Waals surface area contributed by atoms with E-state index in [1.165, 1.54) is 0 Å². The number of hydrogen-bond acceptors (Lipinski definition) is 4. The van der Waals surface area contributed by atoms with Crippen molar-refractivity contribution in [3.05, 3.63) is 0 Å². The summed E-state index contributed by atoms with van der Waals surface area (Å²) in [5.41, 5.74) is 0. The van der Waals surface area contributed by atoms with Crippen molar-refractivity contribution < 1.29 is 13.3 Å². The molecule has 0 saturated heterocycles. The summed E-state index contributed by atoms with van der Waals surface area (Å²) in [6.45, 7) is 2.93. The molecule has 0 aromatic rings. The van der Waals surface area contributed by atoms with Gasteiger partial charge in [-0.05, 0) is 23.9 Å². The van der Waals surface area contributed by atoms with E-state index in [-0.39, 0.29) is 11.0 Å². The quantitative estimate of drug-likeness (QED) is 0.567. The zero-order valence-corrected chi connectivity index (χ0v) is 8.64. The molecule has 0 saturated carbocycles. The number of rotatable bonds is 6. The monoisotopic (exact) mass is 211 g/mol. The van der Waals surface area contributed by atoms with Crippen molar-refractivity contribution in [1.29, 1.82) is 0 Å². The van der Waals surface area contributed by atoms with Gasteiger partial charge >= 0.3 is 8.97 Å². The Hall–Kier alpha value is 0.274. The second-order valence-corrected chi connectivity index (χ2v) is 4.79. The predicted molar refractivity (Wildman–Crippen MR) is 56.4 cm³/mol. The van der Waals surface area contributed by atoms with Gasteiger partial charge in [0.25, 0.3) is 0 Å². The molecule has 0 aliphatic carbocycles. The highest BCUT2D eigenvalue weighted by Crippen LogP contribution is 2.00. The Labute approximate surface area is 80.1 Å². The average Bonchev–Trinajstić information content (AvgIpc) is 2.08. The van der Waals surface area contributed by atoms with Crippen LogP contribution in [-0.2, 0) is 13.3 Å². The molecule has 0 aromatic heterocycles. The van der Waals surface area contributed by atoms with Crippen molar-refractivity contribution >= 4 is 19.9 Å². The molecule has 12 heavy (non-hydrogen) atoms. The molecule has 0 bridgehead atoms. The van der Waals surface area contributed by atoms with Crippen molar-refractivity contribution in [2.75, 3.05) is 27.9 Å². The Morgan fingerprint density at radius 3 is 1.75 bits per heavy atom. The second kappa shape index (κ2) is 7.90. The first-order chi connectivity index (χ1) is 5.24. The summed E-state index contributed by atoms with van der Waals surface area (Å²) in [4.78, 5) is 3.10. The van der Waals surface area contributed by atoms with E-state index in [2.05, 4.69) is 11.9 Å². The molecule has 76 valence electrons. The van der Waals surface area contributed by atoms with Gasteiger partial charge < -0.3 is 13.3 Å². The van der Waals surface area contributed by atoms with Gasteiger partial charge in [0.1, 0.15) is 0 Å². The fraction of sp³-hybridized carbons (Fsp3) is 1.00. The van der Waals surface area contributed by atoms with Crippen LogP contribution in [0.4, 0.5) is 0 Å². The van der Waals surface area contributed by atoms with E-state index in [4.69, 9.17) is 13.3 Å². The third-order valence-electron chi connectivity index (χ3n) is 1.40. The molecule has 0 aliphatic rings. The van der Waals surface area contributed by atoms with Crippen LogP contribution in [-0.4, -0.2) is 47.8 Å². The number of nitrogens with one attached hydrogen (secondary N) is 1. The predicted octanol–water partition coefficient (Wildman–Crippen LogP) is -1.09. The summed E-state index contributed by atoms with van der Waals surface area (Å²) < 4.78 is 15.4. The van der Waals surface area contributed by atoms with Gasteiger partial charge in [0.05, 0.1) is 0 Å². The van der Waals surface area contributed by atoms with E-state index in [0.29, 0.717) is 0 Å². The zero-order valence-electron chi connectivity index (χ0n) is 7.64. The van der Waals surface area contributed by atoms with Gasteiger partial charge in [-0.25, -0.2) is 0 Å². The summed E-state index contributed by atoms with van der Waals surface area (Å²) in [6, 6.07) is 0. The van der Waals surface area contributed by atoms with E-state index in [0.717, 1.165) is 13.0 Å². The van der Waals surface area contributed by atoms with Gasteiger partial charge in [0.2, 0.25) is 0 Å². The van der Waals surface area contributed by atoms with Crippen LogP contribution in [0.1, 0.15) is 13.3 Å². The molecule has 0 amide bonds. The van der Waals surface area contributed by atoms with E-state index in [1.54, 1.807) is 21.3 Å². The first-order valence-corrected chi connectivity index (χ1v) is 5.37. The third kappa shape index (κ3) is 4.34. The van der Waals surface area contributed by atoms with Gasteiger partial charge in [-0.15, -0.1) is 0 Å². The van der Waals surface area contributed by atoms with Gasteiger partial charge in [-0.3, -0.25) is 4.98 Å². The largest absolute Gasteiger partial charge is 0.595 e. The molecule has 0 atom stereocenters. The minimum Gasteiger partial charge on any atom is -0.364 e. The summed E-state index contributed by atoms with van der Waals surface area (Å²) in [5.74, 6) is 0. The lowest BCUT2D eigenvalue weighted by Gasteiger charge is -2.23. The molecular weight excluding hydrogens is 190 g/mol. The highest BCUT2D eigenvalue weighted by atomic mass is 28.4. The molecule has 0 rings (SSSR count). The number of hydrogen-bond donors (Lipinski definition) is 1. The molecule has 0 fully saturated rings. The van der Waals surface area contributed by atoms with Gasteiger partial charge in [-0.2, -0.15) is 0 Å². The van der Waals surface area contributed by atoms with Crippen LogP contribution in [0.25, 0.3) is 0 Å². The fourth-order valence-electron chi connectivity index (χ4n) is 0.745. The summed E-state index contributed by atoms with van der Waals surface area (Å²) in [6.07, 6.45) is 1.03. The van der Waals surface area contributed by atoms with Gasteiger partial charge in [0, 0.05) is 21.3 Å².